The summed E-state index contributed by atoms with van der Waals surface area (Å²) in [5.41, 5.74) is 0. The Hall–Kier alpha value is -0.240. The molecule has 6 nitrogen and oxygen atoms in total. The van der Waals surface area contributed by atoms with Crippen LogP contribution in [0.3, 0.4) is 0 Å². The topological polar surface area (TPSA) is 101 Å². The maximum atomic E-state index is 10.2. The molecule has 0 rings (SSSR count). The predicted octanol–water partition coefficient (Wildman–Crippen LogP) is 5.32. The zero-order valence-corrected chi connectivity index (χ0v) is 24.3. The third-order valence-corrected chi connectivity index (χ3v) is 7.62. The maximum Gasteiger partial charge on any atom is 0.131 e. The lowest BCUT2D eigenvalue weighted by molar-refractivity contribution is -0.894. The van der Waals surface area contributed by atoms with Crippen molar-refractivity contribution in [1.29, 1.82) is 0 Å². The Morgan fingerprint density at radius 3 is 1.11 bits per heavy atom. The molecule has 36 heavy (non-hydrogen) atoms. The van der Waals surface area contributed by atoms with E-state index >= 15 is 0 Å². The summed E-state index contributed by atoms with van der Waals surface area (Å²) in [6.45, 7) is 2.81. The van der Waals surface area contributed by atoms with Crippen LogP contribution in [-0.2, 0) is 0 Å². The number of unbranched alkanes of at least 4 members (excludes halogenated alkanes) is 19. The Bertz CT molecular complexity index is 463. The molecule has 0 aliphatic heterocycles. The third kappa shape index (κ3) is 20.8. The van der Waals surface area contributed by atoms with Gasteiger partial charge < -0.3 is 30.0 Å². The molecule has 0 amide bonds. The zero-order valence-electron chi connectivity index (χ0n) is 24.3. The first-order valence-electron chi connectivity index (χ1n) is 15.4. The molecular formula is C30H64NO5+. The van der Waals surface area contributed by atoms with Gasteiger partial charge in [-0.2, -0.15) is 0 Å². The standard InChI is InChI=1S/C30H64NO5/c1-4-5-6-7-8-9-10-11-12-13-14-15-16-17-18-19-20-21-22-23-24-31(2,3)25-27(33)29(35)30(36)28(34)26-32/h27-30,32-36H,4-26H2,1-3H3/q+1/t27-,28-,29-,30+/m0/s1. The van der Waals surface area contributed by atoms with Gasteiger partial charge in [-0.1, -0.05) is 122 Å². The summed E-state index contributed by atoms with van der Waals surface area (Å²) in [6.07, 6.45) is 21.6. The summed E-state index contributed by atoms with van der Waals surface area (Å²) in [5, 5.41) is 48.3. The Balaban J connectivity index is 3.49. The minimum absolute atomic E-state index is 0.287. The van der Waals surface area contributed by atoms with Crippen LogP contribution in [0.2, 0.25) is 0 Å². The number of quaternary nitrogens is 1. The molecule has 0 bridgehead atoms. The number of nitrogens with zero attached hydrogens (tertiary/aromatic N) is 1. The van der Waals surface area contributed by atoms with E-state index in [1.54, 1.807) is 0 Å². The van der Waals surface area contributed by atoms with Crippen LogP contribution in [0, 0.1) is 0 Å². The minimum atomic E-state index is -1.55. The van der Waals surface area contributed by atoms with Crippen LogP contribution >= 0.6 is 0 Å². The largest absolute Gasteiger partial charge is 0.394 e. The average molecular weight is 519 g/mol. The molecule has 0 aliphatic rings. The van der Waals surface area contributed by atoms with Crippen molar-refractivity contribution in [2.24, 2.45) is 0 Å². The molecule has 0 saturated carbocycles. The monoisotopic (exact) mass is 518 g/mol. The van der Waals surface area contributed by atoms with Gasteiger partial charge in [0, 0.05) is 0 Å². The lowest BCUT2D eigenvalue weighted by Crippen LogP contribution is -2.54. The highest BCUT2D eigenvalue weighted by Gasteiger charge is 2.33. The van der Waals surface area contributed by atoms with Crippen LogP contribution in [0.25, 0.3) is 0 Å². The molecule has 0 aliphatic carbocycles. The number of aliphatic hydroxyl groups excluding tert-OH is 5. The van der Waals surface area contributed by atoms with E-state index in [0.29, 0.717) is 4.48 Å². The molecule has 0 aromatic heterocycles. The first-order chi connectivity index (χ1) is 17.2. The van der Waals surface area contributed by atoms with E-state index in [4.69, 9.17) is 5.11 Å². The summed E-state index contributed by atoms with van der Waals surface area (Å²) < 4.78 is 0.541. The van der Waals surface area contributed by atoms with Crippen molar-refractivity contribution in [2.45, 2.75) is 160 Å². The fourth-order valence-corrected chi connectivity index (χ4v) is 5.06. The second-order valence-corrected chi connectivity index (χ2v) is 11.9. The van der Waals surface area contributed by atoms with Gasteiger partial charge in [-0.25, -0.2) is 0 Å². The molecule has 0 aromatic rings. The van der Waals surface area contributed by atoms with Crippen LogP contribution < -0.4 is 0 Å². The number of likely N-dealkylation sites (N-methyl/N-ethyl adjacent to an activating group) is 1. The third-order valence-electron chi connectivity index (χ3n) is 7.62. The van der Waals surface area contributed by atoms with Crippen molar-refractivity contribution in [1.82, 2.24) is 0 Å². The van der Waals surface area contributed by atoms with Crippen molar-refractivity contribution in [2.75, 3.05) is 33.8 Å². The summed E-state index contributed by atoms with van der Waals surface area (Å²) in [6, 6.07) is 0. The van der Waals surface area contributed by atoms with E-state index in [1.807, 2.05) is 14.1 Å². The highest BCUT2D eigenvalue weighted by molar-refractivity contribution is 4.80. The number of rotatable bonds is 27. The first kappa shape index (κ1) is 35.8. The predicted molar refractivity (Wildman–Crippen MR) is 151 cm³/mol. The zero-order chi connectivity index (χ0) is 27.1. The van der Waals surface area contributed by atoms with Crippen molar-refractivity contribution >= 4 is 0 Å². The minimum Gasteiger partial charge on any atom is -0.394 e. The second-order valence-electron chi connectivity index (χ2n) is 11.9. The normalized spacial score (nSPS) is 15.7. The molecule has 4 atom stereocenters. The van der Waals surface area contributed by atoms with Gasteiger partial charge in [0.25, 0.3) is 0 Å². The van der Waals surface area contributed by atoms with Gasteiger partial charge in [0.15, 0.2) is 0 Å². The number of aliphatic hydroxyl groups is 5. The molecule has 6 heteroatoms. The van der Waals surface area contributed by atoms with E-state index in [9.17, 15) is 20.4 Å². The molecule has 0 radical (unpaired) electrons. The van der Waals surface area contributed by atoms with Gasteiger partial charge in [-0.05, 0) is 12.8 Å². The van der Waals surface area contributed by atoms with E-state index in [-0.39, 0.29) is 6.54 Å². The Labute approximate surface area is 223 Å². The summed E-state index contributed by atoms with van der Waals surface area (Å²) in [5.74, 6) is 0. The van der Waals surface area contributed by atoms with Gasteiger partial charge in [0.1, 0.15) is 31.0 Å². The summed E-state index contributed by atoms with van der Waals surface area (Å²) >= 11 is 0. The molecule has 0 aromatic carbocycles. The number of hydrogen-bond acceptors (Lipinski definition) is 5. The average Bonchev–Trinajstić information content (AvgIpc) is 2.85. The molecule has 0 fully saturated rings. The van der Waals surface area contributed by atoms with E-state index in [2.05, 4.69) is 6.92 Å². The van der Waals surface area contributed by atoms with Crippen molar-refractivity contribution in [3.63, 3.8) is 0 Å². The van der Waals surface area contributed by atoms with Gasteiger partial charge >= 0.3 is 0 Å². The fourth-order valence-electron chi connectivity index (χ4n) is 5.06. The van der Waals surface area contributed by atoms with Crippen molar-refractivity contribution in [3.8, 4) is 0 Å². The van der Waals surface area contributed by atoms with Crippen LogP contribution in [0.4, 0.5) is 0 Å². The fraction of sp³-hybridized carbons (Fsp3) is 1.00. The van der Waals surface area contributed by atoms with Gasteiger partial charge in [-0.15, -0.1) is 0 Å². The molecule has 0 heterocycles. The van der Waals surface area contributed by atoms with Crippen molar-refractivity contribution in [3.05, 3.63) is 0 Å². The van der Waals surface area contributed by atoms with E-state index in [0.717, 1.165) is 13.0 Å². The Morgan fingerprint density at radius 2 is 0.778 bits per heavy atom. The quantitative estimate of drug-likeness (QED) is 0.0748. The first-order valence-corrected chi connectivity index (χ1v) is 15.4. The number of hydrogen-bond donors (Lipinski definition) is 5. The molecule has 0 saturated heterocycles. The van der Waals surface area contributed by atoms with Crippen LogP contribution in [0.5, 0.6) is 0 Å². The van der Waals surface area contributed by atoms with Crippen LogP contribution in [-0.4, -0.2) is 88.2 Å². The van der Waals surface area contributed by atoms with E-state index < -0.39 is 31.0 Å². The summed E-state index contributed by atoms with van der Waals surface area (Å²) in [4.78, 5) is 0. The smallest absolute Gasteiger partial charge is 0.131 e. The Morgan fingerprint density at radius 1 is 0.472 bits per heavy atom. The molecule has 5 N–H and O–H groups in total. The summed E-state index contributed by atoms with van der Waals surface area (Å²) in [7, 11) is 4.00. The lowest BCUT2D eigenvalue weighted by atomic mass is 10.0. The highest BCUT2D eigenvalue weighted by atomic mass is 16.4. The van der Waals surface area contributed by atoms with Crippen LogP contribution in [0.1, 0.15) is 135 Å². The maximum absolute atomic E-state index is 10.2. The van der Waals surface area contributed by atoms with Gasteiger partial charge in [0.05, 0.1) is 27.2 Å². The molecule has 0 unspecified atom stereocenters. The van der Waals surface area contributed by atoms with Crippen LogP contribution in [0.15, 0.2) is 0 Å². The second kappa shape index (κ2) is 23.8. The van der Waals surface area contributed by atoms with Gasteiger partial charge in [0.2, 0.25) is 0 Å². The van der Waals surface area contributed by atoms with Gasteiger partial charge in [-0.3, -0.25) is 0 Å². The molecule has 0 spiro atoms. The lowest BCUT2D eigenvalue weighted by Gasteiger charge is -2.34. The van der Waals surface area contributed by atoms with Crippen molar-refractivity contribution < 1.29 is 30.0 Å². The molecular weight excluding hydrogens is 454 g/mol. The van der Waals surface area contributed by atoms with E-state index in [1.165, 1.54) is 122 Å². The Kier molecular flexibility index (Phi) is 23.7. The SMILES string of the molecule is CCCCCCCCCCCCCCCCCCCCCC[N+](C)(C)C[C@H](O)[C@H](O)[C@H](O)[C@@H](O)CO. The highest BCUT2D eigenvalue weighted by Crippen LogP contribution is 2.16. The molecule has 218 valence electrons.